The van der Waals surface area contributed by atoms with Crippen LogP contribution >= 0.6 is 0 Å². The molecule has 0 amide bonds. The zero-order valence-corrected chi connectivity index (χ0v) is 14.8. The summed E-state index contributed by atoms with van der Waals surface area (Å²) in [6.45, 7) is 5.97. The Hall–Kier alpha value is -2.08. The SMILES string of the molecule is COC(=O)CCc1ccc(OCCOCC(=O)OC(C)(C)C)cc1. The number of hydrogen-bond donors (Lipinski definition) is 0. The molecule has 0 unspecified atom stereocenters. The molecule has 0 N–H and O–H groups in total. The van der Waals surface area contributed by atoms with Crippen LogP contribution in [0.5, 0.6) is 5.75 Å². The van der Waals surface area contributed by atoms with Crippen molar-refractivity contribution >= 4 is 11.9 Å². The van der Waals surface area contributed by atoms with Crippen molar-refractivity contribution in [3.05, 3.63) is 29.8 Å². The quantitative estimate of drug-likeness (QED) is 0.509. The molecule has 1 aromatic carbocycles. The van der Waals surface area contributed by atoms with E-state index in [0.29, 0.717) is 31.8 Å². The second-order valence-corrected chi connectivity index (χ2v) is 6.21. The van der Waals surface area contributed by atoms with Crippen LogP contribution in [0.1, 0.15) is 32.8 Å². The van der Waals surface area contributed by atoms with E-state index < -0.39 is 11.6 Å². The molecule has 0 bridgehead atoms. The van der Waals surface area contributed by atoms with E-state index in [9.17, 15) is 9.59 Å². The molecule has 0 atom stereocenters. The normalized spacial score (nSPS) is 11.0. The zero-order chi connectivity index (χ0) is 18.0. The number of aryl methyl sites for hydroxylation is 1. The minimum atomic E-state index is -0.507. The second-order valence-electron chi connectivity index (χ2n) is 6.21. The van der Waals surface area contributed by atoms with Crippen molar-refractivity contribution < 1.29 is 28.5 Å². The molecule has 0 aliphatic heterocycles. The van der Waals surface area contributed by atoms with Crippen molar-refractivity contribution in [1.29, 1.82) is 0 Å². The Morgan fingerprint density at radius 1 is 1.00 bits per heavy atom. The number of carbonyl (C=O) groups excluding carboxylic acids is 2. The summed E-state index contributed by atoms with van der Waals surface area (Å²) in [6, 6.07) is 7.47. The molecule has 6 nitrogen and oxygen atoms in total. The fraction of sp³-hybridized carbons (Fsp3) is 0.556. The number of esters is 2. The minimum absolute atomic E-state index is 0.0902. The minimum Gasteiger partial charge on any atom is -0.491 e. The summed E-state index contributed by atoms with van der Waals surface area (Å²) >= 11 is 0. The van der Waals surface area contributed by atoms with Crippen LogP contribution in [-0.4, -0.2) is 44.5 Å². The highest BCUT2D eigenvalue weighted by Gasteiger charge is 2.15. The Bertz CT molecular complexity index is 515. The maximum Gasteiger partial charge on any atom is 0.332 e. The van der Waals surface area contributed by atoms with Crippen molar-refractivity contribution in [2.24, 2.45) is 0 Å². The Labute approximate surface area is 143 Å². The Kier molecular flexibility index (Phi) is 8.26. The third kappa shape index (κ3) is 9.15. The van der Waals surface area contributed by atoms with Crippen LogP contribution < -0.4 is 4.74 Å². The summed E-state index contributed by atoms with van der Waals surface area (Å²) in [5.41, 5.74) is 0.529. The van der Waals surface area contributed by atoms with Gasteiger partial charge in [-0.15, -0.1) is 0 Å². The van der Waals surface area contributed by atoms with Gasteiger partial charge in [-0.05, 0) is 44.9 Å². The van der Waals surface area contributed by atoms with Gasteiger partial charge >= 0.3 is 11.9 Å². The summed E-state index contributed by atoms with van der Waals surface area (Å²) < 4.78 is 20.5. The molecule has 0 aliphatic carbocycles. The lowest BCUT2D eigenvalue weighted by Gasteiger charge is -2.19. The van der Waals surface area contributed by atoms with Gasteiger partial charge in [0, 0.05) is 6.42 Å². The van der Waals surface area contributed by atoms with Crippen LogP contribution in [0.15, 0.2) is 24.3 Å². The van der Waals surface area contributed by atoms with E-state index >= 15 is 0 Å². The predicted octanol–water partition coefficient (Wildman–Crippen LogP) is 2.53. The average Bonchev–Trinajstić information content (AvgIpc) is 2.51. The smallest absolute Gasteiger partial charge is 0.332 e. The zero-order valence-electron chi connectivity index (χ0n) is 14.8. The number of hydrogen-bond acceptors (Lipinski definition) is 6. The molecule has 0 aliphatic rings. The summed E-state index contributed by atoms with van der Waals surface area (Å²) in [5.74, 6) is 0.0904. The van der Waals surface area contributed by atoms with Gasteiger partial charge in [-0.3, -0.25) is 4.79 Å². The van der Waals surface area contributed by atoms with E-state index in [1.165, 1.54) is 7.11 Å². The molecule has 134 valence electrons. The highest BCUT2D eigenvalue weighted by Crippen LogP contribution is 2.13. The van der Waals surface area contributed by atoms with Crippen molar-refractivity contribution in [2.45, 2.75) is 39.2 Å². The van der Waals surface area contributed by atoms with Gasteiger partial charge in [0.25, 0.3) is 0 Å². The Morgan fingerprint density at radius 3 is 2.25 bits per heavy atom. The third-order valence-corrected chi connectivity index (χ3v) is 2.91. The molecule has 0 radical (unpaired) electrons. The van der Waals surface area contributed by atoms with Crippen molar-refractivity contribution in [1.82, 2.24) is 0 Å². The van der Waals surface area contributed by atoms with Crippen LogP contribution in [0.3, 0.4) is 0 Å². The molecular weight excluding hydrogens is 312 g/mol. The fourth-order valence-corrected chi connectivity index (χ4v) is 1.85. The number of benzene rings is 1. The van der Waals surface area contributed by atoms with E-state index in [1.54, 1.807) is 0 Å². The first-order valence-corrected chi connectivity index (χ1v) is 7.88. The maximum absolute atomic E-state index is 11.4. The number of carbonyl (C=O) groups is 2. The van der Waals surface area contributed by atoms with Crippen molar-refractivity contribution in [2.75, 3.05) is 26.9 Å². The summed E-state index contributed by atoms with van der Waals surface area (Å²) in [6.07, 6.45) is 0.987. The van der Waals surface area contributed by atoms with E-state index in [-0.39, 0.29) is 12.6 Å². The Balaban J connectivity index is 2.19. The van der Waals surface area contributed by atoms with Gasteiger partial charge in [-0.1, -0.05) is 12.1 Å². The molecule has 24 heavy (non-hydrogen) atoms. The lowest BCUT2D eigenvalue weighted by molar-refractivity contribution is -0.160. The first-order valence-electron chi connectivity index (χ1n) is 7.88. The first kappa shape index (κ1) is 20.0. The van der Waals surface area contributed by atoms with Gasteiger partial charge in [0.05, 0.1) is 13.7 Å². The molecule has 1 aromatic rings. The monoisotopic (exact) mass is 338 g/mol. The highest BCUT2D eigenvalue weighted by atomic mass is 16.6. The Morgan fingerprint density at radius 2 is 1.67 bits per heavy atom. The standard InChI is InChI=1S/C18H26O6/c1-18(2,3)24-17(20)13-22-11-12-23-15-8-5-14(6-9-15)7-10-16(19)21-4/h5-6,8-9H,7,10-13H2,1-4H3. The van der Waals surface area contributed by atoms with Crippen molar-refractivity contribution in [3.8, 4) is 5.75 Å². The van der Waals surface area contributed by atoms with Gasteiger partial charge in [-0.2, -0.15) is 0 Å². The lowest BCUT2D eigenvalue weighted by Crippen LogP contribution is -2.27. The van der Waals surface area contributed by atoms with Gasteiger partial charge in [0.15, 0.2) is 0 Å². The number of ether oxygens (including phenoxy) is 4. The first-order chi connectivity index (χ1) is 11.3. The molecular formula is C18H26O6. The van der Waals surface area contributed by atoms with Gasteiger partial charge < -0.3 is 18.9 Å². The van der Waals surface area contributed by atoms with Crippen LogP contribution in [0.4, 0.5) is 0 Å². The topological polar surface area (TPSA) is 71.1 Å². The molecule has 0 fully saturated rings. The molecule has 0 spiro atoms. The third-order valence-electron chi connectivity index (χ3n) is 2.91. The van der Waals surface area contributed by atoms with E-state index in [2.05, 4.69) is 4.74 Å². The molecule has 0 aromatic heterocycles. The summed E-state index contributed by atoms with van der Waals surface area (Å²) in [7, 11) is 1.38. The van der Waals surface area contributed by atoms with Gasteiger partial charge in [0.2, 0.25) is 0 Å². The second kappa shape index (κ2) is 9.93. The maximum atomic E-state index is 11.4. The van der Waals surface area contributed by atoms with Crippen LogP contribution in [0.25, 0.3) is 0 Å². The van der Waals surface area contributed by atoms with Crippen LogP contribution in [0.2, 0.25) is 0 Å². The van der Waals surface area contributed by atoms with E-state index in [1.807, 2.05) is 45.0 Å². The van der Waals surface area contributed by atoms with E-state index in [0.717, 1.165) is 5.56 Å². The average molecular weight is 338 g/mol. The lowest BCUT2D eigenvalue weighted by atomic mass is 10.1. The summed E-state index contributed by atoms with van der Waals surface area (Å²) in [4.78, 5) is 22.5. The molecule has 1 rings (SSSR count). The van der Waals surface area contributed by atoms with Crippen molar-refractivity contribution in [3.63, 3.8) is 0 Å². The molecule has 0 heterocycles. The molecule has 6 heteroatoms. The largest absolute Gasteiger partial charge is 0.491 e. The van der Waals surface area contributed by atoms with Crippen LogP contribution in [0, 0.1) is 0 Å². The van der Waals surface area contributed by atoms with Gasteiger partial charge in [0.1, 0.15) is 24.6 Å². The number of rotatable bonds is 9. The van der Waals surface area contributed by atoms with E-state index in [4.69, 9.17) is 14.2 Å². The number of methoxy groups -OCH3 is 1. The summed E-state index contributed by atoms with van der Waals surface area (Å²) in [5, 5.41) is 0. The van der Waals surface area contributed by atoms with Crippen LogP contribution in [-0.2, 0) is 30.2 Å². The predicted molar refractivity (Wildman–Crippen MR) is 88.9 cm³/mol. The molecule has 0 saturated heterocycles. The molecule has 0 saturated carbocycles. The fourth-order valence-electron chi connectivity index (χ4n) is 1.85. The highest BCUT2D eigenvalue weighted by molar-refractivity contribution is 5.71. The van der Waals surface area contributed by atoms with Gasteiger partial charge in [-0.25, -0.2) is 4.79 Å².